The molecule has 0 unspecified atom stereocenters. The van der Waals surface area contributed by atoms with Crippen molar-refractivity contribution in [3.63, 3.8) is 0 Å². The molecule has 0 aromatic heterocycles. The van der Waals surface area contributed by atoms with Gasteiger partial charge >= 0.3 is 6.18 Å². The fourth-order valence-corrected chi connectivity index (χ4v) is 2.25. The molecule has 1 aliphatic heterocycles. The van der Waals surface area contributed by atoms with Gasteiger partial charge in [-0.25, -0.2) is 0 Å². The number of hydrogen-bond donors (Lipinski definition) is 0. The molecule has 0 saturated heterocycles. The highest BCUT2D eigenvalue weighted by molar-refractivity contribution is 5.74. The van der Waals surface area contributed by atoms with Crippen LogP contribution < -0.4 is 4.74 Å². The predicted molar refractivity (Wildman–Crippen MR) is 64.5 cm³/mol. The summed E-state index contributed by atoms with van der Waals surface area (Å²) in [5.41, 5.74) is 0.851. The van der Waals surface area contributed by atoms with Gasteiger partial charge in [-0.05, 0) is 23.3 Å². The minimum atomic E-state index is -4.37. The molecule has 0 amide bonds. The Hall–Kier alpha value is -1.97. The Kier molecular flexibility index (Phi) is 2.73. The van der Waals surface area contributed by atoms with E-state index in [9.17, 15) is 13.2 Å². The summed E-state index contributed by atoms with van der Waals surface area (Å²) < 4.78 is 44.3. The maximum atomic E-state index is 13.0. The molecule has 0 aliphatic carbocycles. The lowest BCUT2D eigenvalue weighted by atomic mass is 9.94. The lowest BCUT2D eigenvalue weighted by molar-refractivity contribution is -0.137. The van der Waals surface area contributed by atoms with E-state index in [0.29, 0.717) is 17.7 Å². The van der Waals surface area contributed by atoms with E-state index in [2.05, 4.69) is 6.61 Å². The molecule has 0 atom stereocenters. The quantitative estimate of drug-likeness (QED) is 0.742. The van der Waals surface area contributed by atoms with Gasteiger partial charge in [0.25, 0.3) is 0 Å². The minimum absolute atomic E-state index is 0.180. The Bertz CT molecular complexity index is 617. The summed E-state index contributed by atoms with van der Waals surface area (Å²) >= 11 is 0. The van der Waals surface area contributed by atoms with Gasteiger partial charge in [-0.15, -0.1) is 0 Å². The van der Waals surface area contributed by atoms with Gasteiger partial charge in [-0.2, -0.15) is 13.2 Å². The smallest absolute Gasteiger partial charge is 0.417 e. The SMILES string of the molecule is FC(F)(F)c1ccccc1-c1cccc2c1C[C]O2. The number of alkyl halides is 3. The number of ether oxygens (including phenoxy) is 1. The van der Waals surface area contributed by atoms with E-state index < -0.39 is 11.7 Å². The number of fused-ring (bicyclic) bond motifs is 1. The molecule has 0 spiro atoms. The lowest BCUT2D eigenvalue weighted by Gasteiger charge is -2.14. The molecule has 0 saturated carbocycles. The fourth-order valence-electron chi connectivity index (χ4n) is 2.25. The van der Waals surface area contributed by atoms with Crippen molar-refractivity contribution in [3.8, 4) is 16.9 Å². The van der Waals surface area contributed by atoms with E-state index in [-0.39, 0.29) is 5.56 Å². The molecule has 2 aromatic carbocycles. The van der Waals surface area contributed by atoms with E-state index in [4.69, 9.17) is 4.74 Å². The molecule has 96 valence electrons. The fraction of sp³-hybridized carbons (Fsp3) is 0.133. The van der Waals surface area contributed by atoms with Crippen molar-refractivity contribution >= 4 is 0 Å². The third-order valence-electron chi connectivity index (χ3n) is 3.09. The first-order chi connectivity index (χ1) is 9.07. The van der Waals surface area contributed by atoms with Gasteiger partial charge in [-0.1, -0.05) is 30.3 Å². The van der Waals surface area contributed by atoms with Crippen LogP contribution in [0.2, 0.25) is 0 Å². The van der Waals surface area contributed by atoms with Gasteiger partial charge in [0.2, 0.25) is 6.61 Å². The zero-order valence-electron chi connectivity index (χ0n) is 9.79. The zero-order valence-corrected chi connectivity index (χ0v) is 9.79. The summed E-state index contributed by atoms with van der Waals surface area (Å²) in [6.07, 6.45) is -3.97. The van der Waals surface area contributed by atoms with Crippen LogP contribution in [0.4, 0.5) is 13.2 Å². The van der Waals surface area contributed by atoms with Crippen LogP contribution in [0.1, 0.15) is 11.1 Å². The number of rotatable bonds is 1. The van der Waals surface area contributed by atoms with Gasteiger partial charge in [0.1, 0.15) is 5.75 Å². The van der Waals surface area contributed by atoms with Crippen molar-refractivity contribution < 1.29 is 17.9 Å². The van der Waals surface area contributed by atoms with Crippen LogP contribution in [0, 0.1) is 6.61 Å². The third kappa shape index (κ3) is 2.07. The van der Waals surface area contributed by atoms with Crippen molar-refractivity contribution in [2.24, 2.45) is 0 Å². The zero-order chi connectivity index (χ0) is 13.5. The molecule has 19 heavy (non-hydrogen) atoms. The predicted octanol–water partition coefficient (Wildman–Crippen LogP) is 4.35. The molecule has 2 radical (unpaired) electrons. The van der Waals surface area contributed by atoms with E-state index in [0.717, 1.165) is 11.6 Å². The molecule has 0 fully saturated rings. The Balaban J connectivity index is 2.21. The van der Waals surface area contributed by atoms with Crippen LogP contribution in [-0.4, -0.2) is 0 Å². The summed E-state index contributed by atoms with van der Waals surface area (Å²) in [6.45, 7) is 2.67. The van der Waals surface area contributed by atoms with E-state index in [1.165, 1.54) is 12.1 Å². The number of hydrogen-bond acceptors (Lipinski definition) is 1. The van der Waals surface area contributed by atoms with Crippen LogP contribution in [0.3, 0.4) is 0 Å². The van der Waals surface area contributed by atoms with Crippen LogP contribution in [0.15, 0.2) is 42.5 Å². The van der Waals surface area contributed by atoms with Crippen molar-refractivity contribution in [1.82, 2.24) is 0 Å². The number of benzene rings is 2. The second-order valence-electron chi connectivity index (χ2n) is 4.25. The van der Waals surface area contributed by atoms with Crippen LogP contribution >= 0.6 is 0 Å². The molecular formula is C15H9F3O. The van der Waals surface area contributed by atoms with E-state index in [1.54, 1.807) is 24.3 Å². The van der Waals surface area contributed by atoms with Gasteiger partial charge in [-0.3, -0.25) is 0 Å². The highest BCUT2D eigenvalue weighted by Gasteiger charge is 2.34. The van der Waals surface area contributed by atoms with Crippen molar-refractivity contribution in [2.75, 3.05) is 0 Å². The highest BCUT2D eigenvalue weighted by Crippen LogP contribution is 2.41. The molecule has 1 nitrogen and oxygen atoms in total. The average molecular weight is 262 g/mol. The average Bonchev–Trinajstić information content (AvgIpc) is 2.85. The monoisotopic (exact) mass is 262 g/mol. The summed E-state index contributed by atoms with van der Waals surface area (Å²) in [5, 5.41) is 0. The minimum Gasteiger partial charge on any atom is -0.478 e. The molecular weight excluding hydrogens is 253 g/mol. The highest BCUT2D eigenvalue weighted by atomic mass is 19.4. The topological polar surface area (TPSA) is 9.23 Å². The molecule has 2 aromatic rings. The van der Waals surface area contributed by atoms with Gasteiger partial charge < -0.3 is 4.74 Å². The van der Waals surface area contributed by atoms with E-state index >= 15 is 0 Å². The van der Waals surface area contributed by atoms with Crippen LogP contribution in [0.5, 0.6) is 5.75 Å². The third-order valence-corrected chi connectivity index (χ3v) is 3.09. The second kappa shape index (κ2) is 4.30. The first-order valence-corrected chi connectivity index (χ1v) is 5.75. The van der Waals surface area contributed by atoms with Gasteiger partial charge in [0.15, 0.2) is 0 Å². The van der Waals surface area contributed by atoms with Gasteiger partial charge in [0, 0.05) is 12.0 Å². The van der Waals surface area contributed by atoms with Crippen molar-refractivity contribution in [3.05, 3.63) is 60.2 Å². The summed E-state index contributed by atoms with van der Waals surface area (Å²) in [5.74, 6) is 0.578. The molecule has 3 rings (SSSR count). The first-order valence-electron chi connectivity index (χ1n) is 5.75. The van der Waals surface area contributed by atoms with Crippen LogP contribution in [-0.2, 0) is 12.6 Å². The van der Waals surface area contributed by atoms with Gasteiger partial charge in [0.05, 0.1) is 5.56 Å². The van der Waals surface area contributed by atoms with Crippen molar-refractivity contribution in [2.45, 2.75) is 12.6 Å². The first kappa shape index (κ1) is 12.1. The number of halogens is 3. The summed E-state index contributed by atoms with van der Waals surface area (Å²) in [4.78, 5) is 0. The molecule has 0 N–H and O–H groups in total. The molecule has 4 heteroatoms. The largest absolute Gasteiger partial charge is 0.478 e. The molecule has 1 heterocycles. The normalized spacial score (nSPS) is 14.1. The van der Waals surface area contributed by atoms with Crippen LogP contribution in [0.25, 0.3) is 11.1 Å². The standard InChI is InChI=1S/C15H9F3O/c16-15(17,18)13-6-2-1-4-11(13)10-5-3-7-14-12(10)8-9-19-14/h1-7H,8H2. The second-order valence-corrected chi connectivity index (χ2v) is 4.25. The van der Waals surface area contributed by atoms with E-state index in [1.807, 2.05) is 0 Å². The molecule has 0 bridgehead atoms. The Morgan fingerprint density at radius 2 is 1.68 bits per heavy atom. The Morgan fingerprint density at radius 1 is 0.947 bits per heavy atom. The molecule has 1 aliphatic rings. The summed E-state index contributed by atoms with van der Waals surface area (Å²) in [7, 11) is 0. The summed E-state index contributed by atoms with van der Waals surface area (Å²) in [6, 6.07) is 10.7. The Labute approximate surface area is 108 Å². The maximum Gasteiger partial charge on any atom is 0.417 e. The Morgan fingerprint density at radius 3 is 2.47 bits per heavy atom. The lowest BCUT2D eigenvalue weighted by Crippen LogP contribution is -2.07. The van der Waals surface area contributed by atoms with Crippen molar-refractivity contribution in [1.29, 1.82) is 0 Å². The maximum absolute atomic E-state index is 13.0.